The molecule has 0 aromatic heterocycles. The van der Waals surface area contributed by atoms with Gasteiger partial charge in [-0.05, 0) is 34.6 Å². The molecule has 0 aromatic rings. The second-order valence-electron chi connectivity index (χ2n) is 3.81. The first-order valence-corrected chi connectivity index (χ1v) is 4.89. The molecule has 0 fully saturated rings. The van der Waals surface area contributed by atoms with E-state index in [0.29, 0.717) is 13.2 Å². The normalized spacial score (nSPS) is 13.1. The Bertz CT molecular complexity index is 146. The van der Waals surface area contributed by atoms with Gasteiger partial charge in [-0.2, -0.15) is 0 Å². The van der Waals surface area contributed by atoms with Crippen LogP contribution in [0.4, 0.5) is 0 Å². The third-order valence-corrected chi connectivity index (χ3v) is 1.47. The van der Waals surface area contributed by atoms with Crippen LogP contribution in [0.15, 0.2) is 11.6 Å². The number of allylic oxidation sites excluding steroid dienone is 1. The molecule has 2 heteroatoms. The van der Waals surface area contributed by atoms with Gasteiger partial charge in [0.1, 0.15) is 0 Å². The summed E-state index contributed by atoms with van der Waals surface area (Å²) in [6.07, 6.45) is 2.54. The smallest absolute Gasteiger partial charge is 0.0784 e. The van der Waals surface area contributed by atoms with Crippen LogP contribution in [-0.2, 0) is 9.47 Å². The molecule has 13 heavy (non-hydrogen) atoms. The predicted octanol–water partition coefficient (Wildman–Crippen LogP) is 2.78. The quantitative estimate of drug-likeness (QED) is 0.469. The molecule has 0 saturated heterocycles. The van der Waals surface area contributed by atoms with Crippen molar-refractivity contribution in [2.24, 2.45) is 0 Å². The van der Waals surface area contributed by atoms with Crippen molar-refractivity contribution in [2.45, 2.75) is 46.8 Å². The summed E-state index contributed by atoms with van der Waals surface area (Å²) in [6.45, 7) is 11.6. The van der Waals surface area contributed by atoms with Crippen molar-refractivity contribution in [3.63, 3.8) is 0 Å². The number of ether oxygens (including phenoxy) is 2. The summed E-state index contributed by atoms with van der Waals surface area (Å²) in [6, 6.07) is 0. The van der Waals surface area contributed by atoms with Crippen molar-refractivity contribution in [1.29, 1.82) is 0 Å². The van der Waals surface area contributed by atoms with E-state index in [1.54, 1.807) is 0 Å². The molecule has 0 radical (unpaired) electrons. The van der Waals surface area contributed by atoms with Crippen LogP contribution in [0, 0.1) is 0 Å². The van der Waals surface area contributed by atoms with Crippen LogP contribution in [-0.4, -0.2) is 25.4 Å². The first-order chi connectivity index (χ1) is 6.02. The van der Waals surface area contributed by atoms with Crippen LogP contribution in [0.2, 0.25) is 0 Å². The van der Waals surface area contributed by atoms with E-state index in [2.05, 4.69) is 19.9 Å². The molecule has 0 N–H and O–H groups in total. The molecule has 0 heterocycles. The molecule has 0 aliphatic rings. The van der Waals surface area contributed by atoms with Gasteiger partial charge in [-0.15, -0.1) is 0 Å². The molecule has 78 valence electrons. The van der Waals surface area contributed by atoms with Crippen LogP contribution >= 0.6 is 0 Å². The summed E-state index contributed by atoms with van der Waals surface area (Å²) in [7, 11) is 0. The van der Waals surface area contributed by atoms with Crippen LogP contribution in [0.5, 0.6) is 0 Å². The van der Waals surface area contributed by atoms with Gasteiger partial charge >= 0.3 is 0 Å². The van der Waals surface area contributed by atoms with E-state index in [-0.39, 0.29) is 12.2 Å². The molecule has 2 nitrogen and oxygen atoms in total. The first-order valence-electron chi connectivity index (χ1n) is 4.89. The SMILES string of the molecule is CC(C)=CCOCC(C)OC(C)C. The molecule has 0 aliphatic carbocycles. The molecule has 0 saturated carbocycles. The Balaban J connectivity index is 3.37. The highest BCUT2D eigenvalue weighted by atomic mass is 16.5. The van der Waals surface area contributed by atoms with Crippen LogP contribution in [0.25, 0.3) is 0 Å². The maximum Gasteiger partial charge on any atom is 0.0784 e. The summed E-state index contributed by atoms with van der Waals surface area (Å²) < 4.78 is 10.9. The minimum absolute atomic E-state index is 0.186. The number of hydrogen-bond acceptors (Lipinski definition) is 2. The van der Waals surface area contributed by atoms with Gasteiger partial charge in [0, 0.05) is 0 Å². The monoisotopic (exact) mass is 186 g/mol. The van der Waals surface area contributed by atoms with Crippen molar-refractivity contribution >= 4 is 0 Å². The predicted molar refractivity (Wildman–Crippen MR) is 55.9 cm³/mol. The fourth-order valence-electron chi connectivity index (χ4n) is 0.963. The Hall–Kier alpha value is -0.340. The highest BCUT2D eigenvalue weighted by Gasteiger charge is 2.03. The molecule has 0 aliphatic heterocycles. The first kappa shape index (κ1) is 12.7. The lowest BCUT2D eigenvalue weighted by atomic mass is 10.3. The van der Waals surface area contributed by atoms with Crippen molar-refractivity contribution < 1.29 is 9.47 Å². The zero-order valence-corrected chi connectivity index (χ0v) is 9.46. The number of hydrogen-bond donors (Lipinski definition) is 0. The molecule has 1 unspecified atom stereocenters. The van der Waals surface area contributed by atoms with Gasteiger partial charge in [0.25, 0.3) is 0 Å². The van der Waals surface area contributed by atoms with Crippen molar-refractivity contribution in [2.75, 3.05) is 13.2 Å². The van der Waals surface area contributed by atoms with Crippen molar-refractivity contribution in [3.8, 4) is 0 Å². The topological polar surface area (TPSA) is 18.5 Å². The van der Waals surface area contributed by atoms with E-state index in [4.69, 9.17) is 9.47 Å². The third-order valence-electron chi connectivity index (χ3n) is 1.47. The van der Waals surface area contributed by atoms with Crippen LogP contribution < -0.4 is 0 Å². The van der Waals surface area contributed by atoms with E-state index >= 15 is 0 Å². The zero-order valence-electron chi connectivity index (χ0n) is 9.46. The highest BCUT2D eigenvalue weighted by molar-refractivity contribution is 4.92. The van der Waals surface area contributed by atoms with Gasteiger partial charge in [0.2, 0.25) is 0 Å². The minimum atomic E-state index is 0.186. The Labute approximate surface area is 81.9 Å². The fraction of sp³-hybridized carbons (Fsp3) is 0.818. The van der Waals surface area contributed by atoms with Gasteiger partial charge in [-0.3, -0.25) is 0 Å². The Morgan fingerprint density at radius 3 is 2.31 bits per heavy atom. The van der Waals surface area contributed by atoms with Crippen LogP contribution in [0.1, 0.15) is 34.6 Å². The van der Waals surface area contributed by atoms with Crippen LogP contribution in [0.3, 0.4) is 0 Å². The summed E-state index contributed by atoms with van der Waals surface area (Å²) in [5.41, 5.74) is 1.29. The largest absolute Gasteiger partial charge is 0.375 e. The molecule has 0 amide bonds. The summed E-state index contributed by atoms with van der Waals surface area (Å²) in [4.78, 5) is 0. The zero-order chi connectivity index (χ0) is 10.3. The molecule has 1 atom stereocenters. The summed E-state index contributed by atoms with van der Waals surface area (Å²) in [5, 5.41) is 0. The molecular formula is C11H22O2. The molecule has 0 aromatic carbocycles. The third kappa shape index (κ3) is 9.57. The average Bonchev–Trinajstić information content (AvgIpc) is 1.96. The maximum absolute atomic E-state index is 5.51. The molecule has 0 spiro atoms. The lowest BCUT2D eigenvalue weighted by molar-refractivity contribution is -0.0297. The Kier molecular flexibility index (Phi) is 6.92. The molecule has 0 bridgehead atoms. The summed E-state index contributed by atoms with van der Waals surface area (Å²) >= 11 is 0. The maximum atomic E-state index is 5.51. The van der Waals surface area contributed by atoms with Gasteiger partial charge in [-0.25, -0.2) is 0 Å². The fourth-order valence-corrected chi connectivity index (χ4v) is 0.963. The minimum Gasteiger partial charge on any atom is -0.375 e. The highest BCUT2D eigenvalue weighted by Crippen LogP contribution is 1.98. The second kappa shape index (κ2) is 7.10. The lowest BCUT2D eigenvalue weighted by Gasteiger charge is -2.15. The van der Waals surface area contributed by atoms with E-state index in [9.17, 15) is 0 Å². The van der Waals surface area contributed by atoms with Gasteiger partial charge in [-0.1, -0.05) is 11.6 Å². The van der Waals surface area contributed by atoms with Gasteiger partial charge in [0.05, 0.1) is 25.4 Å². The summed E-state index contributed by atoms with van der Waals surface area (Å²) in [5.74, 6) is 0. The molecular weight excluding hydrogens is 164 g/mol. The van der Waals surface area contributed by atoms with E-state index in [0.717, 1.165) is 0 Å². The van der Waals surface area contributed by atoms with E-state index in [1.165, 1.54) is 5.57 Å². The standard InChI is InChI=1S/C11H22O2/c1-9(2)6-7-12-8-11(5)13-10(3)4/h6,10-11H,7-8H2,1-5H3. The molecule has 0 rings (SSSR count). The Morgan fingerprint density at radius 1 is 1.23 bits per heavy atom. The van der Waals surface area contributed by atoms with Gasteiger partial charge in [0.15, 0.2) is 0 Å². The second-order valence-corrected chi connectivity index (χ2v) is 3.81. The van der Waals surface area contributed by atoms with E-state index < -0.39 is 0 Å². The van der Waals surface area contributed by atoms with Gasteiger partial charge < -0.3 is 9.47 Å². The number of rotatable bonds is 6. The van der Waals surface area contributed by atoms with Crippen molar-refractivity contribution in [1.82, 2.24) is 0 Å². The van der Waals surface area contributed by atoms with E-state index in [1.807, 2.05) is 20.8 Å². The lowest BCUT2D eigenvalue weighted by Crippen LogP contribution is -2.20. The Morgan fingerprint density at radius 2 is 1.85 bits per heavy atom. The average molecular weight is 186 g/mol. The van der Waals surface area contributed by atoms with Crippen molar-refractivity contribution in [3.05, 3.63) is 11.6 Å².